The molecule has 2 N–H and O–H groups in total. The third kappa shape index (κ3) is 8.07. The molecule has 0 saturated carbocycles. The van der Waals surface area contributed by atoms with E-state index in [1.165, 1.54) is 65.8 Å². The Balaban J connectivity index is 1.73. The van der Waals surface area contributed by atoms with Gasteiger partial charge in [0.2, 0.25) is 0 Å². The highest BCUT2D eigenvalue weighted by atomic mass is 32.2. The summed E-state index contributed by atoms with van der Waals surface area (Å²) in [5.74, 6) is 0. The molecule has 3 rings (SSSR count). The Morgan fingerprint density at radius 1 is 0.714 bits per heavy atom. The van der Waals surface area contributed by atoms with E-state index >= 15 is 0 Å². The zero-order valence-electron chi connectivity index (χ0n) is 22.4. The molecule has 0 amide bonds. The summed E-state index contributed by atoms with van der Waals surface area (Å²) < 4.78 is 0. The molecule has 0 radical (unpaired) electrons. The van der Waals surface area contributed by atoms with E-state index < -0.39 is 0 Å². The minimum atomic E-state index is 0.176. The largest absolute Gasteiger partial charge is 0.398 e. The molecule has 0 saturated heterocycles. The van der Waals surface area contributed by atoms with Crippen LogP contribution in [0.25, 0.3) is 11.1 Å². The van der Waals surface area contributed by atoms with Gasteiger partial charge in [-0.2, -0.15) is 0 Å². The fraction of sp³-hybridized carbons (Fsp3) is 0.438. The zero-order valence-corrected chi connectivity index (χ0v) is 23.3. The van der Waals surface area contributed by atoms with Crippen LogP contribution in [0.3, 0.4) is 0 Å². The van der Waals surface area contributed by atoms with E-state index in [9.17, 15) is 0 Å². The Labute approximate surface area is 218 Å². The van der Waals surface area contributed by atoms with Gasteiger partial charge >= 0.3 is 0 Å². The van der Waals surface area contributed by atoms with Crippen LogP contribution in [0.2, 0.25) is 0 Å². The van der Waals surface area contributed by atoms with Crippen molar-refractivity contribution in [3.05, 3.63) is 72.3 Å². The van der Waals surface area contributed by atoms with E-state index in [1.54, 1.807) is 11.8 Å². The number of rotatable bonds is 12. The first-order valence-corrected chi connectivity index (χ1v) is 14.2. The number of nitrogen functional groups attached to an aromatic ring is 1. The molecule has 3 aromatic rings. The molecule has 3 aromatic carbocycles. The average Bonchev–Trinajstić information content (AvgIpc) is 2.85. The van der Waals surface area contributed by atoms with Crippen LogP contribution in [-0.2, 0) is 5.41 Å². The minimum Gasteiger partial charge on any atom is -0.398 e. The minimum absolute atomic E-state index is 0.176. The molecule has 0 aliphatic carbocycles. The van der Waals surface area contributed by atoms with Gasteiger partial charge in [-0.05, 0) is 65.3 Å². The van der Waals surface area contributed by atoms with Crippen molar-refractivity contribution in [2.75, 3.05) is 23.7 Å². The van der Waals surface area contributed by atoms with Gasteiger partial charge in [-0.25, -0.2) is 0 Å². The summed E-state index contributed by atoms with van der Waals surface area (Å²) in [6.07, 6.45) is 7.56. The van der Waals surface area contributed by atoms with E-state index in [0.717, 1.165) is 23.7 Å². The lowest BCUT2D eigenvalue weighted by molar-refractivity contribution is 0.590. The van der Waals surface area contributed by atoms with Crippen LogP contribution in [0.4, 0.5) is 11.4 Å². The number of hydrogen-bond acceptors (Lipinski definition) is 3. The Hall–Kier alpha value is -2.39. The van der Waals surface area contributed by atoms with Gasteiger partial charge in [0.05, 0.1) is 0 Å². The lowest BCUT2D eigenvalue weighted by atomic mass is 9.86. The van der Waals surface area contributed by atoms with Crippen molar-refractivity contribution in [2.24, 2.45) is 0 Å². The first kappa shape index (κ1) is 27.2. The van der Waals surface area contributed by atoms with Gasteiger partial charge in [0.15, 0.2) is 0 Å². The normalized spacial score (nSPS) is 11.6. The van der Waals surface area contributed by atoms with Crippen molar-refractivity contribution < 1.29 is 0 Å². The maximum atomic E-state index is 6.41. The number of benzene rings is 3. The Bertz CT molecular complexity index is 1020. The van der Waals surface area contributed by atoms with Crippen LogP contribution in [0.1, 0.15) is 78.7 Å². The van der Waals surface area contributed by atoms with Gasteiger partial charge in [0, 0.05) is 34.3 Å². The number of hydrogen-bond donors (Lipinski definition) is 1. The summed E-state index contributed by atoms with van der Waals surface area (Å²) in [7, 11) is 0. The fourth-order valence-electron chi connectivity index (χ4n) is 4.29. The second kappa shape index (κ2) is 13.1. The third-order valence-electron chi connectivity index (χ3n) is 6.59. The number of nitrogens with two attached hydrogens (primary N) is 1. The van der Waals surface area contributed by atoms with Gasteiger partial charge in [-0.15, -0.1) is 0 Å². The molecule has 2 nitrogen and oxygen atoms in total. The quantitative estimate of drug-likeness (QED) is 0.203. The molecular weight excluding hydrogens is 444 g/mol. The monoisotopic (exact) mass is 488 g/mol. The van der Waals surface area contributed by atoms with E-state index in [1.807, 2.05) is 0 Å². The highest BCUT2D eigenvalue weighted by Gasteiger charge is 2.13. The molecule has 0 heterocycles. The zero-order chi connectivity index (χ0) is 25.3. The molecule has 0 spiro atoms. The Kier molecular flexibility index (Phi) is 10.2. The SMILES string of the molecule is CCCCCN(CCCCC)c1ccc(N)c(Sc2ccc(-c3ccc(C(C)(C)C)cc3)cc2)c1. The van der Waals surface area contributed by atoms with Crippen molar-refractivity contribution in [1.82, 2.24) is 0 Å². The standard InChI is InChI=1S/C32H44N2S/c1-6-8-10-22-34(23-11-9-7-2)28-18-21-30(33)31(24-28)35-29-19-14-26(15-20-29)25-12-16-27(17-13-25)32(3,4)5/h12-21,24H,6-11,22-23,33H2,1-5H3. The average molecular weight is 489 g/mol. The maximum absolute atomic E-state index is 6.41. The van der Waals surface area contributed by atoms with Gasteiger partial charge < -0.3 is 10.6 Å². The Morgan fingerprint density at radius 2 is 1.26 bits per heavy atom. The van der Waals surface area contributed by atoms with E-state index in [2.05, 4.69) is 106 Å². The summed E-state index contributed by atoms with van der Waals surface area (Å²) >= 11 is 1.76. The molecule has 35 heavy (non-hydrogen) atoms. The molecule has 0 unspecified atom stereocenters. The van der Waals surface area contributed by atoms with Crippen molar-refractivity contribution >= 4 is 23.1 Å². The molecule has 0 aromatic heterocycles. The van der Waals surface area contributed by atoms with Gasteiger partial charge in [0.1, 0.15) is 0 Å². The smallest absolute Gasteiger partial charge is 0.0457 e. The summed E-state index contributed by atoms with van der Waals surface area (Å²) in [4.78, 5) is 4.91. The number of nitrogens with zero attached hydrogens (tertiary/aromatic N) is 1. The molecular formula is C32H44N2S. The maximum Gasteiger partial charge on any atom is 0.0457 e. The van der Waals surface area contributed by atoms with Crippen molar-refractivity contribution in [1.29, 1.82) is 0 Å². The molecule has 0 bridgehead atoms. The van der Waals surface area contributed by atoms with Crippen molar-refractivity contribution in [2.45, 2.75) is 88.3 Å². The van der Waals surface area contributed by atoms with Crippen LogP contribution in [0, 0.1) is 0 Å². The van der Waals surface area contributed by atoms with Crippen LogP contribution < -0.4 is 10.6 Å². The van der Waals surface area contributed by atoms with Crippen LogP contribution in [0.15, 0.2) is 76.5 Å². The predicted octanol–water partition coefficient (Wildman–Crippen LogP) is 9.57. The summed E-state index contributed by atoms with van der Waals surface area (Å²) in [5, 5.41) is 0. The molecule has 0 fully saturated rings. The van der Waals surface area contributed by atoms with Crippen LogP contribution >= 0.6 is 11.8 Å². The second-order valence-electron chi connectivity index (χ2n) is 10.6. The van der Waals surface area contributed by atoms with Gasteiger partial charge in [0.25, 0.3) is 0 Å². The lowest BCUT2D eigenvalue weighted by Gasteiger charge is -2.26. The van der Waals surface area contributed by atoms with Crippen LogP contribution in [0.5, 0.6) is 0 Å². The molecule has 0 aliphatic heterocycles. The highest BCUT2D eigenvalue weighted by molar-refractivity contribution is 7.99. The molecule has 188 valence electrons. The highest BCUT2D eigenvalue weighted by Crippen LogP contribution is 2.36. The first-order chi connectivity index (χ1) is 16.8. The summed E-state index contributed by atoms with van der Waals surface area (Å²) in [6, 6.07) is 24.4. The topological polar surface area (TPSA) is 29.3 Å². The molecule has 0 atom stereocenters. The van der Waals surface area contributed by atoms with Crippen molar-refractivity contribution in [3.63, 3.8) is 0 Å². The predicted molar refractivity (Wildman–Crippen MR) is 157 cm³/mol. The fourth-order valence-corrected chi connectivity index (χ4v) is 5.18. The summed E-state index contributed by atoms with van der Waals surface area (Å²) in [5.41, 5.74) is 12.6. The number of unbranched alkanes of at least 4 members (excludes halogenated alkanes) is 4. The molecule has 0 aliphatic rings. The Morgan fingerprint density at radius 3 is 1.77 bits per heavy atom. The van der Waals surface area contributed by atoms with Crippen molar-refractivity contribution in [3.8, 4) is 11.1 Å². The van der Waals surface area contributed by atoms with Crippen LogP contribution in [-0.4, -0.2) is 13.1 Å². The second-order valence-corrected chi connectivity index (χ2v) is 11.7. The number of anilines is 2. The van der Waals surface area contributed by atoms with Gasteiger partial charge in [-0.3, -0.25) is 0 Å². The third-order valence-corrected chi connectivity index (χ3v) is 7.67. The van der Waals surface area contributed by atoms with E-state index in [-0.39, 0.29) is 5.41 Å². The van der Waals surface area contributed by atoms with E-state index in [0.29, 0.717) is 0 Å². The first-order valence-electron chi connectivity index (χ1n) is 13.3. The van der Waals surface area contributed by atoms with Gasteiger partial charge in [-0.1, -0.05) is 108 Å². The lowest BCUT2D eigenvalue weighted by Crippen LogP contribution is -2.25. The summed E-state index contributed by atoms with van der Waals surface area (Å²) in [6.45, 7) is 13.5. The molecule has 3 heteroatoms. The van der Waals surface area contributed by atoms with E-state index in [4.69, 9.17) is 5.73 Å².